The minimum atomic E-state index is -0.156. The first-order valence-corrected chi connectivity index (χ1v) is 10.2. The van der Waals surface area contributed by atoms with E-state index >= 15 is 0 Å². The van der Waals surface area contributed by atoms with Gasteiger partial charge in [-0.1, -0.05) is 39.8 Å². The van der Waals surface area contributed by atoms with Crippen molar-refractivity contribution in [1.82, 2.24) is 20.4 Å². The van der Waals surface area contributed by atoms with E-state index in [0.29, 0.717) is 18.7 Å². The highest BCUT2D eigenvalue weighted by atomic mass is 16.2. The summed E-state index contributed by atoms with van der Waals surface area (Å²) in [5, 5.41) is 10.2. The van der Waals surface area contributed by atoms with Crippen molar-refractivity contribution >= 4 is 11.8 Å². The van der Waals surface area contributed by atoms with Gasteiger partial charge in [0.2, 0.25) is 5.91 Å². The molecule has 1 aromatic heterocycles. The van der Waals surface area contributed by atoms with E-state index in [0.717, 1.165) is 17.9 Å². The molecule has 0 aliphatic rings. The molecule has 6 nitrogen and oxygen atoms in total. The fourth-order valence-electron chi connectivity index (χ4n) is 3.11. The number of hydrogen-bond donors (Lipinski definition) is 2. The Morgan fingerprint density at radius 2 is 1.76 bits per heavy atom. The van der Waals surface area contributed by atoms with Crippen molar-refractivity contribution in [3.05, 3.63) is 52.8 Å². The second-order valence-electron chi connectivity index (χ2n) is 8.85. The zero-order valence-electron chi connectivity index (χ0n) is 18.5. The normalized spacial score (nSPS) is 12.5. The van der Waals surface area contributed by atoms with Crippen molar-refractivity contribution in [2.45, 2.75) is 59.9 Å². The highest BCUT2D eigenvalue weighted by Crippen LogP contribution is 2.22. The maximum Gasteiger partial charge on any atom is 0.251 e. The van der Waals surface area contributed by atoms with Gasteiger partial charge in [-0.3, -0.25) is 14.3 Å². The van der Waals surface area contributed by atoms with Crippen LogP contribution in [-0.2, 0) is 16.8 Å². The predicted octanol–water partition coefficient (Wildman–Crippen LogP) is 3.37. The molecule has 6 heteroatoms. The van der Waals surface area contributed by atoms with Crippen molar-refractivity contribution < 1.29 is 9.59 Å². The molecule has 0 saturated heterocycles. The summed E-state index contributed by atoms with van der Waals surface area (Å²) in [7, 11) is 0. The average molecular weight is 399 g/mol. The molecule has 0 saturated carbocycles. The number of carbonyl (C=O) groups excluding carboxylic acids is 2. The van der Waals surface area contributed by atoms with Crippen LogP contribution >= 0.6 is 0 Å². The van der Waals surface area contributed by atoms with Crippen LogP contribution in [0.5, 0.6) is 0 Å². The zero-order chi connectivity index (χ0) is 21.6. The summed E-state index contributed by atoms with van der Waals surface area (Å²) in [6.07, 6.45) is 0.262. The number of amides is 2. The van der Waals surface area contributed by atoms with Gasteiger partial charge in [-0.15, -0.1) is 0 Å². The largest absolute Gasteiger partial charge is 0.356 e. The molecule has 2 aromatic rings. The van der Waals surface area contributed by atoms with Crippen LogP contribution in [0.1, 0.15) is 61.4 Å². The molecule has 2 rings (SSSR count). The predicted molar refractivity (Wildman–Crippen MR) is 116 cm³/mol. The number of carbonyl (C=O) groups is 2. The quantitative estimate of drug-likeness (QED) is 0.716. The van der Waals surface area contributed by atoms with E-state index in [4.69, 9.17) is 0 Å². The van der Waals surface area contributed by atoms with Crippen LogP contribution in [0.25, 0.3) is 0 Å². The molecule has 1 heterocycles. The van der Waals surface area contributed by atoms with Crippen LogP contribution in [0.4, 0.5) is 0 Å². The molecular weight excluding hydrogens is 364 g/mol. The first-order valence-electron chi connectivity index (χ1n) is 10.2. The van der Waals surface area contributed by atoms with Crippen molar-refractivity contribution in [3.8, 4) is 0 Å². The third kappa shape index (κ3) is 7.04. The van der Waals surface area contributed by atoms with E-state index in [9.17, 15) is 9.59 Å². The van der Waals surface area contributed by atoms with Crippen LogP contribution in [0, 0.1) is 19.8 Å². The lowest BCUT2D eigenvalue weighted by molar-refractivity contribution is -0.121. The maximum atomic E-state index is 12.2. The van der Waals surface area contributed by atoms with Crippen molar-refractivity contribution in [1.29, 1.82) is 0 Å². The third-order valence-electron chi connectivity index (χ3n) is 4.89. The van der Waals surface area contributed by atoms with Crippen LogP contribution < -0.4 is 10.6 Å². The molecule has 0 radical (unpaired) electrons. The summed E-state index contributed by atoms with van der Waals surface area (Å²) in [4.78, 5) is 24.3. The number of hydrogen-bond acceptors (Lipinski definition) is 3. The molecule has 0 fully saturated rings. The highest BCUT2D eigenvalue weighted by Gasteiger charge is 2.14. The Balaban J connectivity index is 1.69. The highest BCUT2D eigenvalue weighted by molar-refractivity contribution is 5.94. The van der Waals surface area contributed by atoms with E-state index < -0.39 is 0 Å². The molecule has 2 N–H and O–H groups in total. The molecule has 1 unspecified atom stereocenters. The fraction of sp³-hybridized carbons (Fsp3) is 0.522. The summed E-state index contributed by atoms with van der Waals surface area (Å²) in [5.41, 5.74) is 3.97. The molecule has 158 valence electrons. The van der Waals surface area contributed by atoms with Crippen molar-refractivity contribution in [2.75, 3.05) is 13.1 Å². The lowest BCUT2D eigenvalue weighted by Crippen LogP contribution is -2.33. The zero-order valence-corrected chi connectivity index (χ0v) is 18.5. The summed E-state index contributed by atoms with van der Waals surface area (Å²) >= 11 is 0. The van der Waals surface area contributed by atoms with Gasteiger partial charge in [0.05, 0.1) is 5.69 Å². The Bertz CT molecular complexity index is 832. The van der Waals surface area contributed by atoms with E-state index in [-0.39, 0.29) is 29.6 Å². The van der Waals surface area contributed by atoms with Crippen LogP contribution in [0.3, 0.4) is 0 Å². The smallest absolute Gasteiger partial charge is 0.251 e. The van der Waals surface area contributed by atoms with E-state index in [1.807, 2.05) is 48.9 Å². The first-order chi connectivity index (χ1) is 13.6. The molecule has 1 atom stereocenters. The number of nitrogens with one attached hydrogen (secondary N) is 2. The second kappa shape index (κ2) is 9.72. The Hall–Kier alpha value is -2.63. The average Bonchev–Trinajstić information content (AvgIpc) is 2.96. The van der Waals surface area contributed by atoms with E-state index in [2.05, 4.69) is 43.4 Å². The first kappa shape index (κ1) is 22.7. The van der Waals surface area contributed by atoms with Gasteiger partial charge in [0, 0.05) is 37.3 Å². The lowest BCUT2D eigenvalue weighted by Gasteiger charge is -2.19. The van der Waals surface area contributed by atoms with Crippen LogP contribution in [0.2, 0.25) is 0 Å². The molecule has 0 aliphatic heterocycles. The Morgan fingerprint density at radius 1 is 1.10 bits per heavy atom. The molecule has 0 bridgehead atoms. The molecule has 0 spiro atoms. The fourth-order valence-corrected chi connectivity index (χ4v) is 3.11. The molecule has 0 aliphatic carbocycles. The van der Waals surface area contributed by atoms with E-state index in [1.54, 1.807) is 0 Å². The summed E-state index contributed by atoms with van der Waals surface area (Å²) < 4.78 is 1.97. The second-order valence-corrected chi connectivity index (χ2v) is 8.85. The van der Waals surface area contributed by atoms with Crippen molar-refractivity contribution in [3.63, 3.8) is 0 Å². The summed E-state index contributed by atoms with van der Waals surface area (Å²) in [6, 6.07) is 9.66. The maximum absolute atomic E-state index is 12.2. The topological polar surface area (TPSA) is 76.0 Å². The van der Waals surface area contributed by atoms with E-state index in [1.165, 1.54) is 5.56 Å². The number of aromatic nitrogens is 2. The van der Waals surface area contributed by atoms with Gasteiger partial charge in [0.25, 0.3) is 5.91 Å². The van der Waals surface area contributed by atoms with Crippen molar-refractivity contribution in [2.24, 2.45) is 5.92 Å². The molecule has 1 aromatic carbocycles. The minimum Gasteiger partial charge on any atom is -0.356 e. The summed E-state index contributed by atoms with van der Waals surface area (Å²) in [6.45, 7) is 14.2. The van der Waals surface area contributed by atoms with Gasteiger partial charge in [-0.05, 0) is 48.9 Å². The van der Waals surface area contributed by atoms with Gasteiger partial charge >= 0.3 is 0 Å². The Labute approximate surface area is 174 Å². The number of benzene rings is 1. The molecule has 2 amide bonds. The SMILES string of the molecule is Cc1cc(C)n(CC(C)CNC(=O)CCNC(=O)c2ccc(C(C)(C)C)cc2)n1. The van der Waals surface area contributed by atoms with Crippen LogP contribution in [-0.4, -0.2) is 34.7 Å². The number of nitrogens with zero attached hydrogens (tertiary/aromatic N) is 2. The molecular formula is C23H34N4O2. The number of rotatable bonds is 8. The van der Waals surface area contributed by atoms with Gasteiger partial charge in [0.1, 0.15) is 0 Å². The van der Waals surface area contributed by atoms with Gasteiger partial charge in [-0.25, -0.2) is 0 Å². The Kier molecular flexibility index (Phi) is 7.59. The summed E-state index contributed by atoms with van der Waals surface area (Å²) in [5.74, 6) is 0.0534. The van der Waals surface area contributed by atoms with Gasteiger partial charge in [0.15, 0.2) is 0 Å². The number of aryl methyl sites for hydroxylation is 2. The van der Waals surface area contributed by atoms with Crippen LogP contribution in [0.15, 0.2) is 30.3 Å². The lowest BCUT2D eigenvalue weighted by atomic mass is 9.87. The Morgan fingerprint density at radius 3 is 2.31 bits per heavy atom. The standard InChI is InChI=1S/C23H34N4O2/c1-16(15-27-18(3)13-17(2)26-27)14-25-21(28)11-12-24-22(29)19-7-9-20(10-8-19)23(4,5)6/h7-10,13,16H,11-12,14-15H2,1-6H3,(H,24,29)(H,25,28). The van der Waals surface area contributed by atoms with Gasteiger partial charge in [-0.2, -0.15) is 5.10 Å². The monoisotopic (exact) mass is 398 g/mol. The van der Waals surface area contributed by atoms with Gasteiger partial charge < -0.3 is 10.6 Å². The minimum absolute atomic E-state index is 0.0547. The molecule has 29 heavy (non-hydrogen) atoms. The third-order valence-corrected chi connectivity index (χ3v) is 4.89.